The van der Waals surface area contributed by atoms with E-state index >= 15 is 0 Å². The lowest BCUT2D eigenvalue weighted by atomic mass is 10.1. The van der Waals surface area contributed by atoms with Crippen LogP contribution in [0.25, 0.3) is 10.2 Å². The Labute approximate surface area is 165 Å². The van der Waals surface area contributed by atoms with Crippen molar-refractivity contribution in [3.05, 3.63) is 72.2 Å². The number of fused-ring (bicyclic) bond motifs is 1. The molecule has 7 heteroatoms. The predicted octanol–water partition coefficient (Wildman–Crippen LogP) is 4.75. The molecule has 4 aromatic rings. The van der Waals surface area contributed by atoms with Crippen LogP contribution < -0.4 is 14.4 Å². The summed E-state index contributed by atoms with van der Waals surface area (Å²) in [6.07, 6.45) is 1.59. The van der Waals surface area contributed by atoms with Gasteiger partial charge in [0.25, 0.3) is 5.91 Å². The number of ether oxygens (including phenoxy) is 2. The van der Waals surface area contributed by atoms with Gasteiger partial charge in [0.15, 0.2) is 5.13 Å². The molecule has 0 saturated carbocycles. The Hall–Kier alpha value is -3.32. The minimum absolute atomic E-state index is 0.215. The molecule has 0 unspecified atom stereocenters. The second-order valence-electron chi connectivity index (χ2n) is 6.04. The highest BCUT2D eigenvalue weighted by molar-refractivity contribution is 7.22. The van der Waals surface area contributed by atoms with Crippen LogP contribution in [-0.4, -0.2) is 25.1 Å². The Morgan fingerprint density at radius 2 is 1.82 bits per heavy atom. The molecule has 0 atom stereocenters. The van der Waals surface area contributed by atoms with Crippen molar-refractivity contribution in [2.45, 2.75) is 6.54 Å². The van der Waals surface area contributed by atoms with Crippen molar-refractivity contribution < 1.29 is 18.7 Å². The average Bonchev–Trinajstić information content (AvgIpc) is 3.40. The second kappa shape index (κ2) is 7.74. The Morgan fingerprint density at radius 1 is 1.07 bits per heavy atom. The van der Waals surface area contributed by atoms with E-state index in [4.69, 9.17) is 13.9 Å². The molecule has 0 N–H and O–H groups in total. The van der Waals surface area contributed by atoms with Crippen molar-refractivity contribution in [2.24, 2.45) is 0 Å². The van der Waals surface area contributed by atoms with Crippen molar-refractivity contribution in [1.82, 2.24) is 4.98 Å². The first-order chi connectivity index (χ1) is 13.7. The van der Waals surface area contributed by atoms with Crippen molar-refractivity contribution in [3.63, 3.8) is 0 Å². The lowest BCUT2D eigenvalue weighted by Gasteiger charge is -2.19. The van der Waals surface area contributed by atoms with Crippen LogP contribution in [-0.2, 0) is 6.54 Å². The number of furan rings is 1. The third kappa shape index (κ3) is 3.57. The molecule has 0 bridgehead atoms. The molecule has 2 aromatic heterocycles. The van der Waals surface area contributed by atoms with E-state index in [9.17, 15) is 4.79 Å². The van der Waals surface area contributed by atoms with Gasteiger partial charge in [0.05, 0.1) is 37.2 Å². The Bertz CT molecular complexity index is 1050. The van der Waals surface area contributed by atoms with Crippen LogP contribution >= 0.6 is 11.3 Å². The molecule has 0 aliphatic heterocycles. The summed E-state index contributed by atoms with van der Waals surface area (Å²) in [6.45, 7) is 0.269. The standard InChI is InChI=1S/C21H18N2O4S/c1-25-16-10-14(11-17(12-16)26-2)20(24)23(13-15-6-5-9-27-15)21-22-18-7-3-4-8-19(18)28-21/h3-12H,13H2,1-2H3. The molecular weight excluding hydrogens is 376 g/mol. The molecular formula is C21H18N2O4S. The number of rotatable bonds is 6. The largest absolute Gasteiger partial charge is 0.497 e. The number of hydrogen-bond acceptors (Lipinski definition) is 6. The molecule has 0 aliphatic rings. The van der Waals surface area contributed by atoms with Gasteiger partial charge in [0.1, 0.15) is 17.3 Å². The summed E-state index contributed by atoms with van der Waals surface area (Å²) < 4.78 is 17.1. The summed E-state index contributed by atoms with van der Waals surface area (Å²) in [5, 5.41) is 0.601. The number of methoxy groups -OCH3 is 2. The van der Waals surface area contributed by atoms with Crippen LogP contribution in [0.4, 0.5) is 5.13 Å². The summed E-state index contributed by atoms with van der Waals surface area (Å²) in [7, 11) is 3.11. The van der Waals surface area contributed by atoms with Gasteiger partial charge in [-0.25, -0.2) is 4.98 Å². The fraction of sp³-hybridized carbons (Fsp3) is 0.143. The van der Waals surface area contributed by atoms with Gasteiger partial charge in [-0.2, -0.15) is 0 Å². The first-order valence-electron chi connectivity index (χ1n) is 8.61. The van der Waals surface area contributed by atoms with E-state index in [0.29, 0.717) is 28.0 Å². The van der Waals surface area contributed by atoms with Crippen molar-refractivity contribution >= 4 is 32.6 Å². The van der Waals surface area contributed by atoms with Crippen LogP contribution in [0.3, 0.4) is 0 Å². The highest BCUT2D eigenvalue weighted by Gasteiger charge is 2.24. The van der Waals surface area contributed by atoms with E-state index in [1.54, 1.807) is 49.6 Å². The number of nitrogens with zero attached hydrogens (tertiary/aromatic N) is 2. The van der Waals surface area contributed by atoms with Crippen LogP contribution in [0.15, 0.2) is 65.3 Å². The average molecular weight is 394 g/mol. The molecule has 1 amide bonds. The monoisotopic (exact) mass is 394 g/mol. The maximum absolute atomic E-state index is 13.4. The third-order valence-electron chi connectivity index (χ3n) is 4.25. The van der Waals surface area contributed by atoms with Crippen molar-refractivity contribution in [3.8, 4) is 11.5 Å². The molecule has 2 heterocycles. The third-order valence-corrected chi connectivity index (χ3v) is 5.31. The SMILES string of the molecule is COc1cc(OC)cc(C(=O)N(Cc2ccco2)c2nc3ccccc3s2)c1. The number of carbonyl (C=O) groups excluding carboxylic acids is 1. The molecule has 6 nitrogen and oxygen atoms in total. The molecule has 142 valence electrons. The van der Waals surface area contributed by atoms with Gasteiger partial charge in [-0.15, -0.1) is 0 Å². The van der Waals surface area contributed by atoms with Gasteiger partial charge >= 0.3 is 0 Å². The zero-order chi connectivity index (χ0) is 19.5. The summed E-state index contributed by atoms with van der Waals surface area (Å²) in [6, 6.07) is 16.5. The smallest absolute Gasteiger partial charge is 0.260 e. The van der Waals surface area contributed by atoms with Crippen LogP contribution in [0.1, 0.15) is 16.1 Å². The minimum atomic E-state index is -0.215. The van der Waals surface area contributed by atoms with Gasteiger partial charge < -0.3 is 13.9 Å². The quantitative estimate of drug-likeness (QED) is 0.472. The zero-order valence-electron chi connectivity index (χ0n) is 15.4. The van der Waals surface area contributed by atoms with Gasteiger partial charge in [0, 0.05) is 11.6 Å². The number of hydrogen-bond donors (Lipinski definition) is 0. The van der Waals surface area contributed by atoms with E-state index in [1.165, 1.54) is 11.3 Å². The second-order valence-corrected chi connectivity index (χ2v) is 7.05. The highest BCUT2D eigenvalue weighted by atomic mass is 32.1. The number of benzene rings is 2. The van der Waals surface area contributed by atoms with Crippen molar-refractivity contribution in [2.75, 3.05) is 19.1 Å². The first-order valence-corrected chi connectivity index (χ1v) is 9.42. The minimum Gasteiger partial charge on any atom is -0.497 e. The lowest BCUT2D eigenvalue weighted by molar-refractivity contribution is 0.0982. The molecule has 2 aromatic carbocycles. The number of para-hydroxylation sites is 1. The van der Waals surface area contributed by atoms with Gasteiger partial charge in [0.2, 0.25) is 0 Å². The Kier molecular flexibility index (Phi) is 4.99. The van der Waals surface area contributed by atoms with E-state index in [0.717, 1.165) is 10.2 Å². The Balaban J connectivity index is 1.77. The highest BCUT2D eigenvalue weighted by Crippen LogP contribution is 2.32. The lowest BCUT2D eigenvalue weighted by Crippen LogP contribution is -2.30. The molecule has 0 fully saturated rings. The fourth-order valence-corrected chi connectivity index (χ4v) is 3.81. The summed E-state index contributed by atoms with van der Waals surface area (Å²) >= 11 is 1.46. The predicted molar refractivity (Wildman–Crippen MR) is 108 cm³/mol. The number of thiazole rings is 1. The van der Waals surface area contributed by atoms with Crippen LogP contribution in [0, 0.1) is 0 Å². The number of aromatic nitrogens is 1. The summed E-state index contributed by atoms with van der Waals surface area (Å²) in [5.41, 5.74) is 1.30. The van der Waals surface area contributed by atoms with Crippen LogP contribution in [0.2, 0.25) is 0 Å². The summed E-state index contributed by atoms with van der Waals surface area (Å²) in [4.78, 5) is 19.7. The molecule has 0 spiro atoms. The molecule has 0 radical (unpaired) electrons. The van der Waals surface area contributed by atoms with Crippen molar-refractivity contribution in [1.29, 1.82) is 0 Å². The Morgan fingerprint density at radius 3 is 2.46 bits per heavy atom. The molecule has 28 heavy (non-hydrogen) atoms. The first kappa shape index (κ1) is 18.1. The van der Waals surface area contributed by atoms with Gasteiger partial charge in [-0.3, -0.25) is 9.69 Å². The molecule has 0 aliphatic carbocycles. The van der Waals surface area contributed by atoms with E-state index in [1.807, 2.05) is 30.3 Å². The normalized spacial score (nSPS) is 10.8. The molecule has 4 rings (SSSR count). The molecule has 0 saturated heterocycles. The number of carbonyl (C=O) groups is 1. The van der Waals surface area contributed by atoms with Crippen LogP contribution in [0.5, 0.6) is 11.5 Å². The number of amides is 1. The van der Waals surface area contributed by atoms with Gasteiger partial charge in [-0.1, -0.05) is 23.5 Å². The van der Waals surface area contributed by atoms with Gasteiger partial charge in [-0.05, 0) is 36.4 Å². The maximum Gasteiger partial charge on any atom is 0.260 e. The maximum atomic E-state index is 13.4. The van der Waals surface area contributed by atoms with E-state index in [2.05, 4.69) is 4.98 Å². The topological polar surface area (TPSA) is 64.8 Å². The van der Waals surface area contributed by atoms with E-state index in [-0.39, 0.29) is 12.5 Å². The zero-order valence-corrected chi connectivity index (χ0v) is 16.2. The number of anilines is 1. The fourth-order valence-electron chi connectivity index (χ4n) is 2.85. The summed E-state index contributed by atoms with van der Waals surface area (Å²) in [5.74, 6) is 1.55. The van der Waals surface area contributed by atoms with E-state index < -0.39 is 0 Å².